The molecule has 2 heteroatoms. The number of terminal acetylenes is 1. The molecule has 0 aromatic heterocycles. The molecule has 0 bridgehead atoms. The molecule has 2 atom stereocenters. The number of nitrogens with one attached hydrogen (secondary N) is 1. The van der Waals surface area contributed by atoms with Gasteiger partial charge in [-0.1, -0.05) is 6.92 Å². The van der Waals surface area contributed by atoms with Crippen LogP contribution in [-0.4, -0.2) is 19.3 Å². The highest BCUT2D eigenvalue weighted by Gasteiger charge is 2.16. The predicted octanol–water partition coefficient (Wildman–Crippen LogP) is 0.603. The molecule has 1 N–H and O–H groups in total. The van der Waals surface area contributed by atoms with Crippen LogP contribution < -0.4 is 5.32 Å². The van der Waals surface area contributed by atoms with Gasteiger partial charge in [0.1, 0.15) is 7.85 Å². The molecule has 0 spiro atoms. The van der Waals surface area contributed by atoms with Gasteiger partial charge in [-0.2, -0.15) is 0 Å². The molecule has 11 heavy (non-hydrogen) atoms. The quantitative estimate of drug-likeness (QED) is 0.450. The molecule has 0 aromatic carbocycles. The Balaban J connectivity index is 3.90. The van der Waals surface area contributed by atoms with Gasteiger partial charge in [0.25, 0.3) is 0 Å². The molecule has 0 aliphatic rings. The first kappa shape index (κ1) is 10.6. The van der Waals surface area contributed by atoms with Gasteiger partial charge in [-0.05, 0) is 26.7 Å². The maximum absolute atomic E-state index is 5.30. The largest absolute Gasteiger partial charge is 0.316 e. The number of hydrogen-bond acceptors (Lipinski definition) is 1. The molecule has 0 aromatic rings. The van der Waals surface area contributed by atoms with Crippen LogP contribution in [0.15, 0.2) is 0 Å². The lowest BCUT2D eigenvalue weighted by Crippen LogP contribution is -2.46. The third-order valence-electron chi connectivity index (χ3n) is 1.67. The first-order valence-electron chi connectivity index (χ1n) is 4.10. The molecule has 0 fully saturated rings. The van der Waals surface area contributed by atoms with Crippen LogP contribution >= 0.6 is 0 Å². The predicted molar refractivity (Wildman–Crippen MR) is 53.2 cm³/mol. The summed E-state index contributed by atoms with van der Waals surface area (Å²) in [6, 6.07) is 0. The van der Waals surface area contributed by atoms with Gasteiger partial charge >= 0.3 is 0 Å². The molecule has 0 aliphatic heterocycles. The fourth-order valence-corrected chi connectivity index (χ4v) is 0.952. The van der Waals surface area contributed by atoms with Gasteiger partial charge in [-0.15, -0.1) is 12.3 Å². The summed E-state index contributed by atoms with van der Waals surface area (Å²) >= 11 is 0. The smallest absolute Gasteiger partial charge is 0.125 e. The van der Waals surface area contributed by atoms with E-state index in [4.69, 9.17) is 6.42 Å². The van der Waals surface area contributed by atoms with E-state index in [1.807, 2.05) is 0 Å². The Kier molecular flexibility index (Phi) is 3.68. The van der Waals surface area contributed by atoms with Gasteiger partial charge in [0, 0.05) is 11.5 Å². The van der Waals surface area contributed by atoms with Gasteiger partial charge in [-0.3, -0.25) is 0 Å². The molecule has 1 nitrogen and oxygen atoms in total. The van der Waals surface area contributed by atoms with Gasteiger partial charge in [0.2, 0.25) is 0 Å². The minimum atomic E-state index is 0.157. The van der Waals surface area contributed by atoms with E-state index in [0.29, 0.717) is 11.9 Å². The van der Waals surface area contributed by atoms with E-state index in [9.17, 15) is 0 Å². The molecule has 2 unspecified atom stereocenters. The first-order chi connectivity index (χ1) is 4.87. The van der Waals surface area contributed by atoms with Crippen molar-refractivity contribution in [3.8, 4) is 12.3 Å². The minimum absolute atomic E-state index is 0.157. The number of hydrogen-bond donors (Lipinski definition) is 1. The van der Waals surface area contributed by atoms with Gasteiger partial charge in [-0.25, -0.2) is 0 Å². The highest BCUT2D eigenvalue weighted by atomic mass is 15.0. The average Bonchev–Trinajstić information content (AvgIpc) is 1.82. The SMILES string of the molecule is BC(NC(C)(C)C)C(C)C#C. The van der Waals surface area contributed by atoms with E-state index in [2.05, 4.69) is 46.8 Å². The van der Waals surface area contributed by atoms with Crippen molar-refractivity contribution in [3.63, 3.8) is 0 Å². The van der Waals surface area contributed by atoms with Crippen molar-refractivity contribution in [3.05, 3.63) is 0 Å². The van der Waals surface area contributed by atoms with Crippen LogP contribution in [0.4, 0.5) is 0 Å². The van der Waals surface area contributed by atoms with Gasteiger partial charge < -0.3 is 5.32 Å². The van der Waals surface area contributed by atoms with E-state index in [1.54, 1.807) is 0 Å². The zero-order valence-corrected chi connectivity index (χ0v) is 8.23. The van der Waals surface area contributed by atoms with Crippen LogP contribution in [0, 0.1) is 18.3 Å². The van der Waals surface area contributed by atoms with E-state index < -0.39 is 0 Å². The van der Waals surface area contributed by atoms with Crippen LogP contribution in [0.1, 0.15) is 27.7 Å². The Morgan fingerprint density at radius 3 is 2.18 bits per heavy atom. The van der Waals surface area contributed by atoms with Crippen molar-refractivity contribution in [1.29, 1.82) is 0 Å². The minimum Gasteiger partial charge on any atom is -0.316 e. The van der Waals surface area contributed by atoms with Crippen molar-refractivity contribution < 1.29 is 0 Å². The molecular weight excluding hydrogens is 133 g/mol. The van der Waals surface area contributed by atoms with Crippen molar-refractivity contribution in [2.45, 2.75) is 39.2 Å². The van der Waals surface area contributed by atoms with E-state index in [0.717, 1.165) is 0 Å². The van der Waals surface area contributed by atoms with Crippen molar-refractivity contribution in [2.75, 3.05) is 0 Å². The highest BCUT2D eigenvalue weighted by Crippen LogP contribution is 2.05. The van der Waals surface area contributed by atoms with Crippen LogP contribution in [0.5, 0.6) is 0 Å². The fraction of sp³-hybridized carbons (Fsp3) is 0.778. The first-order valence-corrected chi connectivity index (χ1v) is 4.10. The molecule has 0 heterocycles. The van der Waals surface area contributed by atoms with Crippen LogP contribution in [0.25, 0.3) is 0 Å². The Morgan fingerprint density at radius 1 is 1.45 bits per heavy atom. The van der Waals surface area contributed by atoms with E-state index in [1.165, 1.54) is 0 Å². The summed E-state index contributed by atoms with van der Waals surface area (Å²) in [6.07, 6.45) is 5.30. The fourth-order valence-electron chi connectivity index (χ4n) is 0.952. The highest BCUT2D eigenvalue weighted by molar-refractivity contribution is 6.12. The molecule has 0 rings (SSSR count). The molecule has 0 saturated carbocycles. The third kappa shape index (κ3) is 4.92. The Labute approximate surface area is 71.4 Å². The third-order valence-corrected chi connectivity index (χ3v) is 1.67. The molecule has 0 amide bonds. The van der Waals surface area contributed by atoms with Crippen LogP contribution in [-0.2, 0) is 0 Å². The van der Waals surface area contributed by atoms with Crippen LogP contribution in [0.2, 0.25) is 0 Å². The summed E-state index contributed by atoms with van der Waals surface area (Å²) in [4.78, 5) is 0. The molecule has 0 aliphatic carbocycles. The average molecular weight is 151 g/mol. The van der Waals surface area contributed by atoms with E-state index >= 15 is 0 Å². The lowest BCUT2D eigenvalue weighted by molar-refractivity contribution is 0.383. The standard InChI is InChI=1S/C9H18BN/c1-6-7(2)8(10)11-9(3,4)5/h1,7-8,11H,10H2,2-5H3. The zero-order chi connectivity index (χ0) is 9.07. The maximum atomic E-state index is 5.30. The second-order valence-electron chi connectivity index (χ2n) is 4.14. The molecule has 0 radical (unpaired) electrons. The monoisotopic (exact) mass is 151 g/mol. The maximum Gasteiger partial charge on any atom is 0.125 e. The van der Waals surface area contributed by atoms with Crippen molar-refractivity contribution in [2.24, 2.45) is 5.92 Å². The lowest BCUT2D eigenvalue weighted by atomic mass is 9.83. The molecular formula is C9H18BN. The Bertz CT molecular complexity index is 152. The Morgan fingerprint density at radius 2 is 1.91 bits per heavy atom. The van der Waals surface area contributed by atoms with E-state index in [-0.39, 0.29) is 5.54 Å². The summed E-state index contributed by atoms with van der Waals surface area (Å²) in [5.41, 5.74) is 0.157. The Hall–Kier alpha value is -0.415. The van der Waals surface area contributed by atoms with Crippen molar-refractivity contribution in [1.82, 2.24) is 5.32 Å². The summed E-state index contributed by atoms with van der Waals surface area (Å²) in [5.74, 6) is 3.41. The lowest BCUT2D eigenvalue weighted by Gasteiger charge is -2.28. The second-order valence-corrected chi connectivity index (χ2v) is 4.14. The summed E-state index contributed by atoms with van der Waals surface area (Å²) in [5, 5.41) is 3.43. The van der Waals surface area contributed by atoms with Crippen molar-refractivity contribution >= 4 is 7.85 Å². The number of rotatable bonds is 2. The topological polar surface area (TPSA) is 12.0 Å². The summed E-state index contributed by atoms with van der Waals surface area (Å²) in [6.45, 7) is 8.50. The van der Waals surface area contributed by atoms with Crippen LogP contribution in [0.3, 0.4) is 0 Å². The normalized spacial score (nSPS) is 17.0. The summed E-state index contributed by atoms with van der Waals surface area (Å²) in [7, 11) is 2.12. The molecule has 0 saturated heterocycles. The van der Waals surface area contributed by atoms with Gasteiger partial charge in [0.05, 0.1) is 0 Å². The second kappa shape index (κ2) is 3.83. The summed E-state index contributed by atoms with van der Waals surface area (Å²) < 4.78 is 0. The zero-order valence-electron chi connectivity index (χ0n) is 8.23. The van der Waals surface area contributed by atoms with Gasteiger partial charge in [0.15, 0.2) is 0 Å². The molecule has 62 valence electrons.